The van der Waals surface area contributed by atoms with Gasteiger partial charge in [-0.2, -0.15) is 0 Å². The summed E-state index contributed by atoms with van der Waals surface area (Å²) >= 11 is 0. The number of carbonyl (C=O) groups excluding carboxylic acids is 3. The van der Waals surface area contributed by atoms with Crippen molar-refractivity contribution in [2.24, 2.45) is 5.92 Å². The van der Waals surface area contributed by atoms with E-state index >= 15 is 0 Å². The quantitative estimate of drug-likeness (QED) is 0.481. The van der Waals surface area contributed by atoms with E-state index in [-0.39, 0.29) is 23.1 Å². The van der Waals surface area contributed by atoms with Crippen molar-refractivity contribution in [1.82, 2.24) is 0 Å². The van der Waals surface area contributed by atoms with Crippen LogP contribution in [0.15, 0.2) is 54.6 Å². The molecule has 0 aromatic heterocycles. The van der Waals surface area contributed by atoms with E-state index in [4.69, 9.17) is 9.47 Å². The third kappa shape index (κ3) is 3.35. The Morgan fingerprint density at radius 2 is 1.90 bits per heavy atom. The lowest BCUT2D eigenvalue weighted by Gasteiger charge is -2.37. The van der Waals surface area contributed by atoms with E-state index in [0.29, 0.717) is 17.7 Å². The Hall–Kier alpha value is -3.61. The van der Waals surface area contributed by atoms with Gasteiger partial charge >= 0.3 is 11.9 Å². The van der Waals surface area contributed by atoms with Crippen LogP contribution in [0.3, 0.4) is 0 Å². The number of methoxy groups -OCH3 is 1. The predicted molar refractivity (Wildman–Crippen MR) is 102 cm³/mol. The normalized spacial score (nSPS) is 21.5. The molecule has 0 radical (unpaired) electrons. The number of rotatable bonds is 4. The van der Waals surface area contributed by atoms with Crippen LogP contribution in [-0.2, 0) is 9.53 Å². The summed E-state index contributed by atoms with van der Waals surface area (Å²) in [5.41, 5.74) is 1.94. The van der Waals surface area contributed by atoms with E-state index in [2.05, 4.69) is 5.32 Å². The number of allylic oxidation sites excluding steroid dienone is 2. The van der Waals surface area contributed by atoms with E-state index in [9.17, 15) is 19.5 Å². The molecule has 7 nitrogen and oxygen atoms in total. The maximum absolute atomic E-state index is 12.7. The van der Waals surface area contributed by atoms with Crippen LogP contribution in [0.5, 0.6) is 5.75 Å². The smallest absolute Gasteiger partial charge is 0.343 e. The molecule has 148 valence electrons. The van der Waals surface area contributed by atoms with Gasteiger partial charge in [-0.3, -0.25) is 0 Å². The van der Waals surface area contributed by atoms with Crippen LogP contribution in [0, 0.1) is 5.92 Å². The molecule has 29 heavy (non-hydrogen) atoms. The van der Waals surface area contributed by atoms with Gasteiger partial charge < -0.3 is 24.7 Å². The van der Waals surface area contributed by atoms with Gasteiger partial charge in [-0.05, 0) is 48.2 Å². The van der Waals surface area contributed by atoms with Crippen molar-refractivity contribution >= 4 is 23.6 Å². The Morgan fingerprint density at radius 1 is 1.10 bits per heavy atom. The fraction of sp³-hybridized carbons (Fsp3) is 0.227. The molecule has 2 aliphatic rings. The molecule has 1 heterocycles. The first-order chi connectivity index (χ1) is 14.0. The van der Waals surface area contributed by atoms with E-state index in [1.165, 1.54) is 19.2 Å². The molecule has 0 saturated heterocycles. The van der Waals surface area contributed by atoms with Crippen LogP contribution < -0.4 is 15.2 Å². The molecule has 0 fully saturated rings. The van der Waals surface area contributed by atoms with Gasteiger partial charge in [0.15, 0.2) is 0 Å². The largest absolute Gasteiger partial charge is 0.548 e. The van der Waals surface area contributed by atoms with Crippen molar-refractivity contribution in [3.05, 3.63) is 71.3 Å². The molecule has 1 aliphatic heterocycles. The van der Waals surface area contributed by atoms with Crippen LogP contribution >= 0.6 is 0 Å². The average Bonchev–Trinajstić information content (AvgIpc) is 3.22. The number of benzene rings is 2. The average molecular weight is 392 g/mol. The van der Waals surface area contributed by atoms with E-state index in [1.807, 2.05) is 12.2 Å². The summed E-state index contributed by atoms with van der Waals surface area (Å²) in [6, 6.07) is 10.5. The number of aliphatic carboxylic acids is 1. The Labute approximate surface area is 166 Å². The van der Waals surface area contributed by atoms with Crippen LogP contribution in [0.1, 0.15) is 38.6 Å². The monoisotopic (exact) mass is 392 g/mol. The molecule has 4 rings (SSSR count). The van der Waals surface area contributed by atoms with Crippen molar-refractivity contribution in [3.8, 4) is 5.75 Å². The second-order valence-corrected chi connectivity index (χ2v) is 6.97. The van der Waals surface area contributed by atoms with Gasteiger partial charge in [-0.15, -0.1) is 0 Å². The first-order valence-corrected chi connectivity index (χ1v) is 9.17. The molecule has 0 bridgehead atoms. The first-order valence-electron chi connectivity index (χ1n) is 9.17. The zero-order valence-corrected chi connectivity index (χ0v) is 15.6. The molecule has 7 heteroatoms. The molecule has 0 spiro atoms. The summed E-state index contributed by atoms with van der Waals surface area (Å²) in [6.45, 7) is 0. The lowest BCUT2D eigenvalue weighted by Crippen LogP contribution is -2.48. The number of nitrogens with one attached hydrogen (secondary N) is 1. The SMILES string of the molecule is COC(=O)c1ccccc1OC(=O)c1ccc2c(c1)[C@H]1C=CC[C@@H]1[C@H](C(=O)[O-])N2. The number of esters is 2. The van der Waals surface area contributed by atoms with Gasteiger partial charge in [0.05, 0.1) is 24.7 Å². The van der Waals surface area contributed by atoms with Gasteiger partial charge in [0.1, 0.15) is 11.3 Å². The van der Waals surface area contributed by atoms with Crippen LogP contribution in [0.4, 0.5) is 5.69 Å². The van der Waals surface area contributed by atoms with Crippen LogP contribution in [-0.4, -0.2) is 31.1 Å². The molecule has 3 atom stereocenters. The van der Waals surface area contributed by atoms with Gasteiger partial charge in [-0.1, -0.05) is 24.3 Å². The van der Waals surface area contributed by atoms with Gasteiger partial charge in [0.2, 0.25) is 0 Å². The second-order valence-electron chi connectivity index (χ2n) is 6.97. The standard InChI is InChI=1S/C22H19NO6/c1-28-22(27)15-5-2-3-8-18(15)29-21(26)12-9-10-17-16(11-12)13-6-4-7-14(13)19(23-17)20(24)25/h2-6,8-11,13-14,19,23H,7H2,1H3,(H,24,25)/p-1/t13-,14-,19+/m0/s1. The van der Waals surface area contributed by atoms with Crippen molar-refractivity contribution in [3.63, 3.8) is 0 Å². The molecule has 0 saturated carbocycles. The maximum Gasteiger partial charge on any atom is 0.343 e. The number of anilines is 1. The number of fused-ring (bicyclic) bond motifs is 3. The minimum Gasteiger partial charge on any atom is -0.548 e. The fourth-order valence-corrected chi connectivity index (χ4v) is 3.95. The molecule has 0 amide bonds. The third-order valence-corrected chi connectivity index (χ3v) is 5.35. The van der Waals surface area contributed by atoms with Crippen molar-refractivity contribution in [2.75, 3.05) is 12.4 Å². The Bertz CT molecular complexity index is 1030. The number of carboxylic acid groups (broad SMARTS) is 1. The van der Waals surface area contributed by atoms with Crippen molar-refractivity contribution in [1.29, 1.82) is 0 Å². The minimum atomic E-state index is -1.14. The third-order valence-electron chi connectivity index (χ3n) is 5.35. The zero-order chi connectivity index (χ0) is 20.5. The predicted octanol–water partition coefficient (Wildman–Crippen LogP) is 1.90. The summed E-state index contributed by atoms with van der Waals surface area (Å²) < 4.78 is 10.2. The van der Waals surface area contributed by atoms with E-state index < -0.39 is 23.9 Å². The number of carbonyl (C=O) groups is 3. The number of para-hydroxylation sites is 1. The highest BCUT2D eigenvalue weighted by molar-refractivity contribution is 5.96. The molecular formula is C22H18NO6-. The highest BCUT2D eigenvalue weighted by Crippen LogP contribution is 2.44. The molecule has 1 aliphatic carbocycles. The highest BCUT2D eigenvalue weighted by atomic mass is 16.5. The molecular weight excluding hydrogens is 374 g/mol. The molecule has 2 aromatic carbocycles. The summed E-state index contributed by atoms with van der Waals surface area (Å²) in [6.07, 6.45) is 4.53. The number of hydrogen-bond donors (Lipinski definition) is 1. The lowest BCUT2D eigenvalue weighted by molar-refractivity contribution is -0.308. The number of hydrogen-bond acceptors (Lipinski definition) is 7. The highest BCUT2D eigenvalue weighted by Gasteiger charge is 2.38. The van der Waals surface area contributed by atoms with E-state index in [0.717, 1.165) is 5.56 Å². The molecule has 0 unspecified atom stereocenters. The van der Waals surface area contributed by atoms with Crippen LogP contribution in [0.25, 0.3) is 0 Å². The van der Waals surface area contributed by atoms with Gasteiger partial charge in [0.25, 0.3) is 0 Å². The number of ether oxygens (including phenoxy) is 2. The summed E-state index contributed by atoms with van der Waals surface area (Å²) in [5, 5.41) is 14.5. The lowest BCUT2D eigenvalue weighted by atomic mass is 9.79. The summed E-state index contributed by atoms with van der Waals surface area (Å²) in [5.74, 6) is -2.55. The Balaban J connectivity index is 1.63. The maximum atomic E-state index is 12.7. The minimum absolute atomic E-state index is 0.107. The first kappa shape index (κ1) is 18.7. The summed E-state index contributed by atoms with van der Waals surface area (Å²) in [7, 11) is 1.25. The summed E-state index contributed by atoms with van der Waals surface area (Å²) in [4.78, 5) is 36.1. The topological polar surface area (TPSA) is 105 Å². The Kier molecular flexibility index (Phi) is 4.80. The molecule has 2 aromatic rings. The van der Waals surface area contributed by atoms with Crippen LogP contribution in [0.2, 0.25) is 0 Å². The fourth-order valence-electron chi connectivity index (χ4n) is 3.95. The van der Waals surface area contributed by atoms with Crippen molar-refractivity contribution in [2.45, 2.75) is 18.4 Å². The molecule has 1 N–H and O–H groups in total. The van der Waals surface area contributed by atoms with Crippen molar-refractivity contribution < 1.29 is 29.0 Å². The number of carboxylic acids is 1. The Morgan fingerprint density at radius 3 is 2.66 bits per heavy atom. The zero-order valence-electron chi connectivity index (χ0n) is 15.6. The van der Waals surface area contributed by atoms with Gasteiger partial charge in [0, 0.05) is 11.6 Å². The van der Waals surface area contributed by atoms with E-state index in [1.54, 1.807) is 30.3 Å². The second kappa shape index (κ2) is 7.43. The van der Waals surface area contributed by atoms with Gasteiger partial charge in [-0.25, -0.2) is 9.59 Å².